The molecular formula is C19H23ClN2O3. The topological polar surface area (TPSA) is 59.6 Å². The van der Waals surface area contributed by atoms with Crippen molar-refractivity contribution in [2.24, 2.45) is 0 Å². The predicted molar refractivity (Wildman–Crippen MR) is 101 cm³/mol. The van der Waals surface area contributed by atoms with Gasteiger partial charge in [-0.05, 0) is 35.7 Å². The summed E-state index contributed by atoms with van der Waals surface area (Å²) < 4.78 is 11.0. The summed E-state index contributed by atoms with van der Waals surface area (Å²) in [6.45, 7) is 4.99. The Bertz CT molecular complexity index is 720. The van der Waals surface area contributed by atoms with Crippen LogP contribution in [0.2, 0.25) is 5.02 Å². The standard InChI is InChI=1S/C19H23ClN2O3/c1-13(2)15-6-4-5-7-17(15)25-11-10-21-19(23)22-16-12-14(20)8-9-18(16)24-3/h4-9,12-13H,10-11H2,1-3H3,(H2,21,22,23). The Balaban J connectivity index is 1.83. The average Bonchev–Trinajstić information content (AvgIpc) is 2.59. The molecule has 0 aliphatic rings. The molecule has 2 aromatic carbocycles. The van der Waals surface area contributed by atoms with E-state index in [9.17, 15) is 4.79 Å². The van der Waals surface area contributed by atoms with Crippen LogP contribution in [-0.4, -0.2) is 26.3 Å². The van der Waals surface area contributed by atoms with Crippen LogP contribution in [0.3, 0.4) is 0 Å². The summed E-state index contributed by atoms with van der Waals surface area (Å²) in [6, 6.07) is 12.6. The lowest BCUT2D eigenvalue weighted by Crippen LogP contribution is -2.32. The summed E-state index contributed by atoms with van der Waals surface area (Å²) in [4.78, 5) is 12.0. The second-order valence-electron chi connectivity index (χ2n) is 5.77. The maximum atomic E-state index is 12.0. The van der Waals surface area contributed by atoms with E-state index in [4.69, 9.17) is 21.1 Å². The molecule has 0 bridgehead atoms. The first-order valence-electron chi connectivity index (χ1n) is 8.11. The van der Waals surface area contributed by atoms with Crippen molar-refractivity contribution < 1.29 is 14.3 Å². The molecule has 0 saturated heterocycles. The van der Waals surface area contributed by atoms with Gasteiger partial charge in [0.1, 0.15) is 18.1 Å². The fourth-order valence-electron chi connectivity index (χ4n) is 2.36. The number of methoxy groups -OCH3 is 1. The number of ether oxygens (including phenoxy) is 2. The van der Waals surface area contributed by atoms with Gasteiger partial charge < -0.3 is 20.1 Å². The third-order valence-electron chi connectivity index (χ3n) is 3.60. The van der Waals surface area contributed by atoms with E-state index in [0.29, 0.717) is 35.5 Å². The lowest BCUT2D eigenvalue weighted by molar-refractivity contribution is 0.247. The third-order valence-corrected chi connectivity index (χ3v) is 3.83. The normalized spacial score (nSPS) is 10.4. The number of rotatable bonds is 7. The zero-order chi connectivity index (χ0) is 18.2. The molecule has 0 saturated carbocycles. The average molecular weight is 363 g/mol. The molecule has 2 amide bonds. The van der Waals surface area contributed by atoms with Crippen molar-refractivity contribution >= 4 is 23.3 Å². The Hall–Kier alpha value is -2.40. The first-order chi connectivity index (χ1) is 12.0. The molecule has 0 spiro atoms. The monoisotopic (exact) mass is 362 g/mol. The number of carbonyl (C=O) groups excluding carboxylic acids is 1. The van der Waals surface area contributed by atoms with Gasteiger partial charge in [0.25, 0.3) is 0 Å². The summed E-state index contributed by atoms with van der Waals surface area (Å²) >= 11 is 5.94. The minimum absolute atomic E-state index is 0.346. The van der Waals surface area contributed by atoms with Crippen molar-refractivity contribution in [1.82, 2.24) is 5.32 Å². The van der Waals surface area contributed by atoms with E-state index in [2.05, 4.69) is 24.5 Å². The van der Waals surface area contributed by atoms with Crippen molar-refractivity contribution in [2.45, 2.75) is 19.8 Å². The highest BCUT2D eigenvalue weighted by molar-refractivity contribution is 6.31. The fourth-order valence-corrected chi connectivity index (χ4v) is 2.53. The van der Waals surface area contributed by atoms with Gasteiger partial charge in [-0.25, -0.2) is 4.79 Å². The lowest BCUT2D eigenvalue weighted by atomic mass is 10.0. The van der Waals surface area contributed by atoms with Crippen molar-refractivity contribution in [1.29, 1.82) is 0 Å². The largest absolute Gasteiger partial charge is 0.495 e. The van der Waals surface area contributed by atoms with Crippen molar-refractivity contribution in [3.63, 3.8) is 0 Å². The Morgan fingerprint density at radius 1 is 1.16 bits per heavy atom. The summed E-state index contributed by atoms with van der Waals surface area (Å²) in [5.74, 6) is 1.76. The van der Waals surface area contributed by atoms with Crippen LogP contribution in [0.1, 0.15) is 25.3 Å². The van der Waals surface area contributed by atoms with Crippen LogP contribution < -0.4 is 20.1 Å². The SMILES string of the molecule is COc1ccc(Cl)cc1NC(=O)NCCOc1ccccc1C(C)C. The summed E-state index contributed by atoms with van der Waals surface area (Å²) in [5.41, 5.74) is 1.66. The molecule has 0 fully saturated rings. The second-order valence-corrected chi connectivity index (χ2v) is 6.20. The van der Waals surface area contributed by atoms with E-state index in [-0.39, 0.29) is 6.03 Å². The van der Waals surface area contributed by atoms with Crippen LogP contribution >= 0.6 is 11.6 Å². The quantitative estimate of drug-likeness (QED) is 0.703. The van der Waals surface area contributed by atoms with E-state index in [1.165, 1.54) is 7.11 Å². The van der Waals surface area contributed by atoms with E-state index in [0.717, 1.165) is 11.3 Å². The number of hydrogen-bond donors (Lipinski definition) is 2. The fraction of sp³-hybridized carbons (Fsp3) is 0.316. The van der Waals surface area contributed by atoms with Gasteiger partial charge in [0, 0.05) is 5.02 Å². The highest BCUT2D eigenvalue weighted by atomic mass is 35.5. The summed E-state index contributed by atoms with van der Waals surface area (Å²) in [5, 5.41) is 5.98. The van der Waals surface area contributed by atoms with Gasteiger partial charge in [0.2, 0.25) is 0 Å². The molecule has 0 aliphatic carbocycles. The molecule has 0 aliphatic heterocycles. The molecule has 0 heterocycles. The molecule has 134 valence electrons. The van der Waals surface area contributed by atoms with Gasteiger partial charge in [-0.15, -0.1) is 0 Å². The molecule has 0 atom stereocenters. The van der Waals surface area contributed by atoms with Gasteiger partial charge >= 0.3 is 6.03 Å². The first-order valence-corrected chi connectivity index (χ1v) is 8.49. The van der Waals surface area contributed by atoms with Crippen molar-refractivity contribution in [3.8, 4) is 11.5 Å². The molecule has 0 unspecified atom stereocenters. The molecule has 2 rings (SSSR count). The predicted octanol–water partition coefficient (Wildman–Crippen LogP) is 4.67. The Morgan fingerprint density at radius 2 is 1.92 bits per heavy atom. The Morgan fingerprint density at radius 3 is 2.64 bits per heavy atom. The minimum atomic E-state index is -0.346. The van der Waals surface area contributed by atoms with Crippen LogP contribution in [-0.2, 0) is 0 Å². The van der Waals surface area contributed by atoms with Crippen LogP contribution in [0.15, 0.2) is 42.5 Å². The molecule has 0 radical (unpaired) electrons. The number of hydrogen-bond acceptors (Lipinski definition) is 3. The van der Waals surface area contributed by atoms with Crippen LogP contribution in [0.25, 0.3) is 0 Å². The molecule has 2 N–H and O–H groups in total. The molecule has 2 aromatic rings. The van der Waals surface area contributed by atoms with Crippen molar-refractivity contribution in [3.05, 3.63) is 53.1 Å². The maximum Gasteiger partial charge on any atom is 0.319 e. The number of halogens is 1. The van der Waals surface area contributed by atoms with E-state index < -0.39 is 0 Å². The summed E-state index contributed by atoms with van der Waals surface area (Å²) in [6.07, 6.45) is 0. The molecule has 6 heteroatoms. The first kappa shape index (κ1) is 18.9. The van der Waals surface area contributed by atoms with Gasteiger partial charge in [-0.2, -0.15) is 0 Å². The van der Waals surface area contributed by atoms with Crippen LogP contribution in [0.4, 0.5) is 10.5 Å². The smallest absolute Gasteiger partial charge is 0.319 e. The molecule has 25 heavy (non-hydrogen) atoms. The zero-order valence-electron chi connectivity index (χ0n) is 14.6. The van der Waals surface area contributed by atoms with Crippen LogP contribution in [0, 0.1) is 0 Å². The van der Waals surface area contributed by atoms with Gasteiger partial charge in [0.15, 0.2) is 0 Å². The zero-order valence-corrected chi connectivity index (χ0v) is 15.4. The number of urea groups is 1. The third kappa shape index (κ3) is 5.57. The van der Waals surface area contributed by atoms with E-state index in [1.54, 1.807) is 18.2 Å². The van der Waals surface area contributed by atoms with Crippen molar-refractivity contribution in [2.75, 3.05) is 25.6 Å². The highest BCUT2D eigenvalue weighted by Crippen LogP contribution is 2.27. The lowest BCUT2D eigenvalue weighted by Gasteiger charge is -2.14. The number of anilines is 1. The van der Waals surface area contributed by atoms with Gasteiger partial charge in [-0.1, -0.05) is 43.6 Å². The number of nitrogens with one attached hydrogen (secondary N) is 2. The highest BCUT2D eigenvalue weighted by Gasteiger charge is 2.09. The molecular weight excluding hydrogens is 340 g/mol. The molecule has 5 nitrogen and oxygen atoms in total. The number of benzene rings is 2. The Kier molecular flexibility index (Phi) is 6.95. The number of para-hydroxylation sites is 1. The van der Waals surface area contributed by atoms with Gasteiger partial charge in [-0.3, -0.25) is 0 Å². The summed E-state index contributed by atoms with van der Waals surface area (Å²) in [7, 11) is 1.53. The van der Waals surface area contributed by atoms with E-state index >= 15 is 0 Å². The molecule has 0 aromatic heterocycles. The van der Waals surface area contributed by atoms with Crippen LogP contribution in [0.5, 0.6) is 11.5 Å². The van der Waals surface area contributed by atoms with Gasteiger partial charge in [0.05, 0.1) is 19.3 Å². The van der Waals surface area contributed by atoms with E-state index in [1.807, 2.05) is 24.3 Å². The minimum Gasteiger partial charge on any atom is -0.495 e. The second kappa shape index (κ2) is 9.18. The maximum absolute atomic E-state index is 12.0. The Labute approximate surface area is 153 Å². The number of carbonyl (C=O) groups is 1. The number of amides is 2.